The van der Waals surface area contributed by atoms with Crippen LogP contribution in [-0.4, -0.2) is 33.5 Å². The van der Waals surface area contributed by atoms with Gasteiger partial charge in [-0.1, -0.05) is 13.8 Å². The van der Waals surface area contributed by atoms with Crippen LogP contribution >= 0.6 is 11.8 Å². The second kappa shape index (κ2) is 7.04. The zero-order chi connectivity index (χ0) is 13.7. The van der Waals surface area contributed by atoms with Crippen LogP contribution in [0.2, 0.25) is 0 Å². The molecule has 1 unspecified atom stereocenters. The fourth-order valence-electron chi connectivity index (χ4n) is 1.74. The Kier molecular flexibility index (Phi) is 6.02. The molecule has 1 aromatic rings. The van der Waals surface area contributed by atoms with Gasteiger partial charge >= 0.3 is 0 Å². The SMILES string of the molecule is COc1cnn(C(C)C)c1C(O)CSCC(C)C. The van der Waals surface area contributed by atoms with E-state index < -0.39 is 6.10 Å². The first kappa shape index (κ1) is 15.4. The van der Waals surface area contributed by atoms with Crippen molar-refractivity contribution in [2.75, 3.05) is 18.6 Å². The van der Waals surface area contributed by atoms with Gasteiger partial charge in [-0.3, -0.25) is 4.68 Å². The van der Waals surface area contributed by atoms with Crippen molar-refractivity contribution in [1.82, 2.24) is 9.78 Å². The van der Waals surface area contributed by atoms with E-state index in [1.807, 2.05) is 18.5 Å². The van der Waals surface area contributed by atoms with Crippen LogP contribution in [0.15, 0.2) is 6.20 Å². The largest absolute Gasteiger partial charge is 0.493 e. The third kappa shape index (κ3) is 3.92. The second-order valence-electron chi connectivity index (χ2n) is 5.08. The molecular weight excluding hydrogens is 248 g/mol. The van der Waals surface area contributed by atoms with Crippen molar-refractivity contribution in [3.8, 4) is 5.75 Å². The standard InChI is InChI=1S/C13H24N2O2S/c1-9(2)7-18-8-11(16)13-12(17-5)6-14-15(13)10(3)4/h6,9-11,16H,7-8H2,1-5H3. The van der Waals surface area contributed by atoms with Gasteiger partial charge in [-0.15, -0.1) is 0 Å². The molecular formula is C13H24N2O2S. The minimum atomic E-state index is -0.534. The fourth-order valence-corrected chi connectivity index (χ4v) is 2.72. The molecule has 0 fully saturated rings. The quantitative estimate of drug-likeness (QED) is 0.829. The first-order valence-corrected chi connectivity index (χ1v) is 7.50. The first-order chi connectivity index (χ1) is 8.47. The molecule has 0 bridgehead atoms. The molecule has 0 saturated carbocycles. The third-order valence-electron chi connectivity index (χ3n) is 2.55. The van der Waals surface area contributed by atoms with E-state index in [0.717, 1.165) is 11.4 Å². The molecule has 1 aromatic heterocycles. The van der Waals surface area contributed by atoms with Crippen LogP contribution in [0, 0.1) is 5.92 Å². The minimum absolute atomic E-state index is 0.216. The molecule has 1 heterocycles. The maximum atomic E-state index is 10.3. The Labute approximate surface area is 114 Å². The molecule has 0 saturated heterocycles. The molecule has 0 aliphatic rings. The van der Waals surface area contributed by atoms with Crippen LogP contribution in [0.25, 0.3) is 0 Å². The van der Waals surface area contributed by atoms with Crippen molar-refractivity contribution in [3.63, 3.8) is 0 Å². The molecule has 0 aliphatic heterocycles. The topological polar surface area (TPSA) is 47.3 Å². The van der Waals surface area contributed by atoms with Crippen LogP contribution in [0.1, 0.15) is 45.5 Å². The summed E-state index contributed by atoms with van der Waals surface area (Å²) in [6.45, 7) is 8.45. The van der Waals surface area contributed by atoms with E-state index in [1.54, 1.807) is 25.1 Å². The van der Waals surface area contributed by atoms with Gasteiger partial charge in [0.25, 0.3) is 0 Å². The smallest absolute Gasteiger partial charge is 0.162 e. The molecule has 0 spiro atoms. The van der Waals surface area contributed by atoms with Crippen LogP contribution in [0.4, 0.5) is 0 Å². The lowest BCUT2D eigenvalue weighted by molar-refractivity contribution is 0.184. The summed E-state index contributed by atoms with van der Waals surface area (Å²) in [6.07, 6.45) is 1.14. The van der Waals surface area contributed by atoms with Crippen LogP contribution in [0.5, 0.6) is 5.75 Å². The van der Waals surface area contributed by atoms with Gasteiger partial charge in [-0.05, 0) is 25.5 Å². The van der Waals surface area contributed by atoms with E-state index in [9.17, 15) is 5.11 Å². The Morgan fingerprint density at radius 1 is 1.33 bits per heavy atom. The van der Waals surface area contributed by atoms with Crippen LogP contribution in [-0.2, 0) is 0 Å². The second-order valence-corrected chi connectivity index (χ2v) is 6.16. The van der Waals surface area contributed by atoms with Gasteiger partial charge in [0, 0.05) is 11.8 Å². The third-order valence-corrected chi connectivity index (χ3v) is 4.00. The van der Waals surface area contributed by atoms with Crippen molar-refractivity contribution in [2.24, 2.45) is 5.92 Å². The van der Waals surface area contributed by atoms with Gasteiger partial charge in [-0.2, -0.15) is 16.9 Å². The highest BCUT2D eigenvalue weighted by atomic mass is 32.2. The lowest BCUT2D eigenvalue weighted by atomic mass is 10.2. The van der Waals surface area contributed by atoms with E-state index in [0.29, 0.717) is 17.4 Å². The number of hydrogen-bond donors (Lipinski definition) is 1. The Morgan fingerprint density at radius 2 is 2.00 bits per heavy atom. The summed E-state index contributed by atoms with van der Waals surface area (Å²) in [5, 5.41) is 14.6. The molecule has 0 amide bonds. The summed E-state index contributed by atoms with van der Waals surface area (Å²) < 4.78 is 7.10. The van der Waals surface area contributed by atoms with Crippen LogP contribution < -0.4 is 4.74 Å². The predicted octanol–water partition coefficient (Wildman–Crippen LogP) is 2.90. The minimum Gasteiger partial charge on any atom is -0.493 e. The number of rotatable bonds is 7. The Balaban J connectivity index is 2.76. The molecule has 18 heavy (non-hydrogen) atoms. The molecule has 1 N–H and O–H groups in total. The van der Waals surface area contributed by atoms with Gasteiger partial charge in [-0.25, -0.2) is 0 Å². The monoisotopic (exact) mass is 272 g/mol. The molecule has 1 rings (SSSR count). The van der Waals surface area contributed by atoms with E-state index >= 15 is 0 Å². The average Bonchev–Trinajstić information content (AvgIpc) is 2.71. The van der Waals surface area contributed by atoms with Crippen molar-refractivity contribution in [2.45, 2.75) is 39.8 Å². The summed E-state index contributed by atoms with van der Waals surface area (Å²) in [4.78, 5) is 0. The maximum absolute atomic E-state index is 10.3. The number of ether oxygens (including phenoxy) is 1. The zero-order valence-electron chi connectivity index (χ0n) is 11.9. The lowest BCUT2D eigenvalue weighted by Gasteiger charge is -2.17. The van der Waals surface area contributed by atoms with Crippen molar-refractivity contribution in [1.29, 1.82) is 0 Å². The fraction of sp³-hybridized carbons (Fsp3) is 0.769. The van der Waals surface area contributed by atoms with E-state index in [2.05, 4.69) is 18.9 Å². The molecule has 5 heteroatoms. The van der Waals surface area contributed by atoms with Crippen molar-refractivity contribution >= 4 is 11.8 Å². The molecule has 0 aliphatic carbocycles. The molecule has 0 radical (unpaired) electrons. The highest BCUT2D eigenvalue weighted by molar-refractivity contribution is 7.99. The van der Waals surface area contributed by atoms with Crippen LogP contribution in [0.3, 0.4) is 0 Å². The average molecular weight is 272 g/mol. The summed E-state index contributed by atoms with van der Waals surface area (Å²) in [5.74, 6) is 3.03. The number of hydrogen-bond acceptors (Lipinski definition) is 4. The van der Waals surface area contributed by atoms with Gasteiger partial charge in [0.15, 0.2) is 5.75 Å². The predicted molar refractivity (Wildman–Crippen MR) is 76.3 cm³/mol. The molecule has 4 nitrogen and oxygen atoms in total. The van der Waals surface area contributed by atoms with E-state index in [-0.39, 0.29) is 6.04 Å². The summed E-state index contributed by atoms with van der Waals surface area (Å²) in [6, 6.07) is 0.216. The Bertz CT molecular complexity index is 364. The number of aliphatic hydroxyl groups excluding tert-OH is 1. The van der Waals surface area contributed by atoms with Gasteiger partial charge < -0.3 is 9.84 Å². The molecule has 1 atom stereocenters. The molecule has 0 aromatic carbocycles. The number of aliphatic hydroxyl groups is 1. The van der Waals surface area contributed by atoms with E-state index in [1.165, 1.54) is 0 Å². The van der Waals surface area contributed by atoms with E-state index in [4.69, 9.17) is 4.74 Å². The summed E-state index contributed by atoms with van der Waals surface area (Å²) in [5.41, 5.74) is 0.781. The molecule has 104 valence electrons. The Morgan fingerprint density at radius 3 is 2.50 bits per heavy atom. The number of nitrogens with zero attached hydrogens (tertiary/aromatic N) is 2. The summed E-state index contributed by atoms with van der Waals surface area (Å²) in [7, 11) is 1.61. The summed E-state index contributed by atoms with van der Waals surface area (Å²) >= 11 is 1.76. The highest BCUT2D eigenvalue weighted by Gasteiger charge is 2.21. The van der Waals surface area contributed by atoms with Crippen molar-refractivity contribution < 1.29 is 9.84 Å². The number of thioether (sulfide) groups is 1. The zero-order valence-corrected chi connectivity index (χ0v) is 12.7. The van der Waals surface area contributed by atoms with Crippen molar-refractivity contribution in [3.05, 3.63) is 11.9 Å². The first-order valence-electron chi connectivity index (χ1n) is 6.34. The number of methoxy groups -OCH3 is 1. The number of aromatic nitrogens is 2. The Hall–Kier alpha value is -0.680. The maximum Gasteiger partial charge on any atom is 0.162 e. The lowest BCUT2D eigenvalue weighted by Crippen LogP contribution is -2.14. The highest BCUT2D eigenvalue weighted by Crippen LogP contribution is 2.29. The van der Waals surface area contributed by atoms with Gasteiger partial charge in [0.05, 0.1) is 13.3 Å². The normalized spacial score (nSPS) is 13.3. The van der Waals surface area contributed by atoms with Gasteiger partial charge in [0.1, 0.15) is 11.8 Å². The van der Waals surface area contributed by atoms with Gasteiger partial charge in [0.2, 0.25) is 0 Å².